The van der Waals surface area contributed by atoms with Crippen LogP contribution in [0.5, 0.6) is 0 Å². The van der Waals surface area contributed by atoms with E-state index in [2.05, 4.69) is 0 Å². The standard InChI is InChI=1S/C32H40O9/c1-7-17(2)27(35)41-26-19-14-31(36)20(30(5)21(12-23(33)38-6)29(26,4)16-32(19,30)37)8-10-28(3)22(31)13-24(34)40-25(28)18-9-11-39-15-18/h7,9,11,13,15,19-21,25-26,36-37H,8,10,12,14,16H2,1-6H3. The molecule has 2 bridgehead atoms. The Labute approximate surface area is 239 Å². The maximum absolute atomic E-state index is 13.1. The second-order valence-electron chi connectivity index (χ2n) is 13.7. The molecule has 1 aliphatic heterocycles. The predicted molar refractivity (Wildman–Crippen MR) is 145 cm³/mol. The zero-order valence-corrected chi connectivity index (χ0v) is 24.6. The van der Waals surface area contributed by atoms with E-state index in [4.69, 9.17) is 18.6 Å². The Morgan fingerprint density at radius 2 is 1.95 bits per heavy atom. The molecule has 4 saturated carbocycles. The molecule has 9 heteroatoms. The zero-order valence-electron chi connectivity index (χ0n) is 24.6. The number of furan rings is 1. The monoisotopic (exact) mass is 568 g/mol. The molecule has 5 aliphatic rings. The van der Waals surface area contributed by atoms with Crippen molar-refractivity contribution in [1.29, 1.82) is 0 Å². The van der Waals surface area contributed by atoms with Gasteiger partial charge in [-0.2, -0.15) is 0 Å². The molecular formula is C32H40O9. The number of rotatable bonds is 5. The van der Waals surface area contributed by atoms with Crippen molar-refractivity contribution >= 4 is 17.9 Å². The van der Waals surface area contributed by atoms with Crippen LogP contribution in [0.15, 0.2) is 46.3 Å². The lowest BCUT2D eigenvalue weighted by Gasteiger charge is -2.68. The van der Waals surface area contributed by atoms with E-state index in [9.17, 15) is 24.6 Å². The summed E-state index contributed by atoms with van der Waals surface area (Å²) in [6.07, 6.45) is 6.36. The van der Waals surface area contributed by atoms with E-state index in [0.29, 0.717) is 36.0 Å². The van der Waals surface area contributed by atoms with Gasteiger partial charge in [0.1, 0.15) is 12.2 Å². The van der Waals surface area contributed by atoms with E-state index in [0.717, 1.165) is 0 Å². The number of hydrogen-bond acceptors (Lipinski definition) is 9. The normalized spacial score (nSPS) is 46.2. The molecule has 222 valence electrons. The topological polar surface area (TPSA) is 132 Å². The highest BCUT2D eigenvalue weighted by Gasteiger charge is 2.84. The largest absolute Gasteiger partial charge is 0.472 e. The highest BCUT2D eigenvalue weighted by molar-refractivity contribution is 5.88. The molecule has 0 amide bonds. The van der Waals surface area contributed by atoms with E-state index in [1.165, 1.54) is 19.4 Å². The lowest BCUT2D eigenvalue weighted by atomic mass is 9.39. The molecule has 4 fully saturated rings. The van der Waals surface area contributed by atoms with Gasteiger partial charge in [-0.15, -0.1) is 0 Å². The van der Waals surface area contributed by atoms with Crippen molar-refractivity contribution in [3.63, 3.8) is 0 Å². The first kappa shape index (κ1) is 28.2. The second kappa shape index (κ2) is 8.80. The third-order valence-corrected chi connectivity index (χ3v) is 12.1. The maximum atomic E-state index is 13.1. The summed E-state index contributed by atoms with van der Waals surface area (Å²) in [7, 11) is 1.34. The molecule has 0 aromatic carbocycles. The Kier molecular flexibility index (Phi) is 6.06. The summed E-state index contributed by atoms with van der Waals surface area (Å²) in [5.41, 5.74) is -3.49. The smallest absolute Gasteiger partial charge is 0.333 e. The Hall–Kier alpha value is -2.91. The van der Waals surface area contributed by atoms with Crippen LogP contribution in [0, 0.1) is 34.0 Å². The van der Waals surface area contributed by atoms with Crippen molar-refractivity contribution in [2.75, 3.05) is 7.11 Å². The fourth-order valence-corrected chi connectivity index (χ4v) is 10.2. The van der Waals surface area contributed by atoms with Gasteiger partial charge in [0.05, 0.1) is 30.8 Å². The van der Waals surface area contributed by atoms with Crippen molar-refractivity contribution < 1.29 is 43.2 Å². The fraction of sp³-hybridized carbons (Fsp3) is 0.656. The molecular weight excluding hydrogens is 528 g/mol. The van der Waals surface area contributed by atoms with Gasteiger partial charge in [-0.05, 0) is 57.1 Å². The Balaban J connectivity index is 1.51. The Morgan fingerprint density at radius 3 is 2.59 bits per heavy atom. The first-order chi connectivity index (χ1) is 19.2. The molecule has 2 heterocycles. The Morgan fingerprint density at radius 1 is 1.22 bits per heavy atom. The molecule has 10 unspecified atom stereocenters. The first-order valence-corrected chi connectivity index (χ1v) is 14.5. The van der Waals surface area contributed by atoms with Crippen LogP contribution < -0.4 is 0 Å². The summed E-state index contributed by atoms with van der Waals surface area (Å²) >= 11 is 0. The molecule has 9 nitrogen and oxygen atoms in total. The van der Waals surface area contributed by atoms with Gasteiger partial charge in [-0.1, -0.05) is 26.8 Å². The SMILES string of the molecule is CC=C(C)C(=O)OC1C2CC3(O)C4=CC(=O)OC(c5ccoc5)C4(C)CCC3C3(C)C(CC(=O)OC)C1(C)CC23O. The molecule has 0 saturated heterocycles. The summed E-state index contributed by atoms with van der Waals surface area (Å²) in [6, 6.07) is 1.77. The van der Waals surface area contributed by atoms with Crippen LogP contribution in [0.25, 0.3) is 0 Å². The van der Waals surface area contributed by atoms with E-state index >= 15 is 0 Å². The average Bonchev–Trinajstić information content (AvgIpc) is 3.57. The molecule has 1 aromatic rings. The lowest BCUT2D eigenvalue weighted by molar-refractivity contribution is -0.277. The van der Waals surface area contributed by atoms with Gasteiger partial charge in [0.25, 0.3) is 0 Å². The van der Waals surface area contributed by atoms with Crippen molar-refractivity contribution in [2.45, 2.75) is 90.1 Å². The second-order valence-corrected chi connectivity index (χ2v) is 13.7. The van der Waals surface area contributed by atoms with Gasteiger partial charge < -0.3 is 28.8 Å². The van der Waals surface area contributed by atoms with E-state index in [1.54, 1.807) is 32.3 Å². The number of allylic oxidation sites excluding steroid dienone is 1. The summed E-state index contributed by atoms with van der Waals surface area (Å²) in [4.78, 5) is 39.0. The van der Waals surface area contributed by atoms with Crippen LogP contribution in [0.2, 0.25) is 0 Å². The van der Waals surface area contributed by atoms with Crippen LogP contribution in [0.1, 0.15) is 78.4 Å². The number of cyclic esters (lactones) is 1. The number of ether oxygens (including phenoxy) is 3. The van der Waals surface area contributed by atoms with Crippen molar-refractivity contribution in [1.82, 2.24) is 0 Å². The molecule has 10 atom stereocenters. The molecule has 1 aromatic heterocycles. The number of methoxy groups -OCH3 is 1. The van der Waals surface area contributed by atoms with Gasteiger partial charge in [0.15, 0.2) is 0 Å². The van der Waals surface area contributed by atoms with Crippen LogP contribution in [-0.2, 0) is 28.6 Å². The summed E-state index contributed by atoms with van der Waals surface area (Å²) in [5.74, 6) is -2.99. The van der Waals surface area contributed by atoms with Gasteiger partial charge >= 0.3 is 17.9 Å². The predicted octanol–water partition coefficient (Wildman–Crippen LogP) is 4.19. The molecule has 41 heavy (non-hydrogen) atoms. The Bertz CT molecular complexity index is 1360. The third kappa shape index (κ3) is 3.39. The van der Waals surface area contributed by atoms with Gasteiger partial charge in [0.2, 0.25) is 0 Å². The van der Waals surface area contributed by atoms with Gasteiger partial charge in [-0.3, -0.25) is 4.79 Å². The molecule has 0 spiro atoms. The number of aliphatic hydroxyl groups is 2. The summed E-state index contributed by atoms with van der Waals surface area (Å²) < 4.78 is 22.4. The summed E-state index contributed by atoms with van der Waals surface area (Å²) in [5, 5.41) is 25.6. The molecule has 2 N–H and O–H groups in total. The average molecular weight is 569 g/mol. The van der Waals surface area contributed by atoms with Gasteiger partial charge in [-0.25, -0.2) is 9.59 Å². The number of esters is 3. The first-order valence-electron chi connectivity index (χ1n) is 14.5. The molecule has 4 aliphatic carbocycles. The third-order valence-electron chi connectivity index (χ3n) is 12.1. The highest BCUT2D eigenvalue weighted by Crippen LogP contribution is 2.81. The zero-order chi connectivity index (χ0) is 29.8. The van der Waals surface area contributed by atoms with Crippen LogP contribution >= 0.6 is 0 Å². The van der Waals surface area contributed by atoms with E-state index in [1.807, 2.05) is 20.8 Å². The minimum atomic E-state index is -1.51. The van der Waals surface area contributed by atoms with Crippen LogP contribution in [0.4, 0.5) is 0 Å². The maximum Gasteiger partial charge on any atom is 0.333 e. The number of carbonyl (C=O) groups is 3. The number of hydrogen-bond donors (Lipinski definition) is 2. The van der Waals surface area contributed by atoms with Gasteiger partial charge in [0, 0.05) is 51.7 Å². The summed E-state index contributed by atoms with van der Waals surface area (Å²) in [6.45, 7) is 9.39. The van der Waals surface area contributed by atoms with E-state index in [-0.39, 0.29) is 12.8 Å². The highest BCUT2D eigenvalue weighted by atomic mass is 16.6. The molecule has 0 radical (unpaired) electrons. The van der Waals surface area contributed by atoms with Crippen molar-refractivity contribution in [3.05, 3.63) is 47.5 Å². The van der Waals surface area contributed by atoms with Crippen LogP contribution in [-0.4, -0.2) is 52.5 Å². The quantitative estimate of drug-likeness (QED) is 0.305. The van der Waals surface area contributed by atoms with Crippen molar-refractivity contribution in [2.24, 2.45) is 34.0 Å². The minimum Gasteiger partial charge on any atom is -0.472 e. The lowest BCUT2D eigenvalue weighted by Crippen LogP contribution is -2.73. The van der Waals surface area contributed by atoms with E-state index < -0.39 is 75.3 Å². The minimum absolute atomic E-state index is 0.0117. The number of fused-ring (bicyclic) bond motifs is 5. The van der Waals surface area contributed by atoms with Crippen LogP contribution in [0.3, 0.4) is 0 Å². The molecule has 6 rings (SSSR count). The fourth-order valence-electron chi connectivity index (χ4n) is 10.2. The van der Waals surface area contributed by atoms with Crippen molar-refractivity contribution in [3.8, 4) is 0 Å². The number of carbonyl (C=O) groups excluding carboxylic acids is 3.